The standard InChI is InChI=1S/C25H32N4O3S/c1-5-21(27-25(30)26-17-13-18(31-3)15-19(14-17)32-4)23-20-9-12-28(6-2)16-22(20)33-24(23)29-10-7-8-11-29/h7-8,10-11,13-15,21H,5-6,9,12,16H2,1-4H3,(H2,26,27,30). The van der Waals surface area contributed by atoms with Gasteiger partial charge in [0.15, 0.2) is 0 Å². The molecule has 0 aliphatic carbocycles. The number of carbonyl (C=O) groups excluding carboxylic acids is 1. The van der Waals surface area contributed by atoms with Gasteiger partial charge in [0.25, 0.3) is 0 Å². The highest BCUT2D eigenvalue weighted by Gasteiger charge is 2.29. The van der Waals surface area contributed by atoms with Crippen LogP contribution in [0.2, 0.25) is 0 Å². The Balaban J connectivity index is 1.61. The van der Waals surface area contributed by atoms with Gasteiger partial charge in [0.1, 0.15) is 16.5 Å². The maximum absolute atomic E-state index is 13.0. The normalized spacial score (nSPS) is 14.4. The van der Waals surface area contributed by atoms with Gasteiger partial charge in [-0.1, -0.05) is 13.8 Å². The van der Waals surface area contributed by atoms with Gasteiger partial charge in [0.05, 0.1) is 20.3 Å². The van der Waals surface area contributed by atoms with E-state index in [1.54, 1.807) is 32.4 Å². The van der Waals surface area contributed by atoms with Crippen molar-refractivity contribution in [2.45, 2.75) is 39.3 Å². The Hall–Kier alpha value is -2.97. The minimum Gasteiger partial charge on any atom is -0.497 e. The first-order chi connectivity index (χ1) is 16.1. The van der Waals surface area contributed by atoms with Crippen LogP contribution in [0.25, 0.3) is 5.00 Å². The topological polar surface area (TPSA) is 67.8 Å². The number of fused-ring (bicyclic) bond motifs is 1. The number of amides is 2. The van der Waals surface area contributed by atoms with E-state index in [-0.39, 0.29) is 12.1 Å². The van der Waals surface area contributed by atoms with E-state index >= 15 is 0 Å². The molecule has 3 aromatic rings. The van der Waals surface area contributed by atoms with Crippen LogP contribution in [0.1, 0.15) is 42.3 Å². The molecule has 1 aromatic carbocycles. The van der Waals surface area contributed by atoms with Gasteiger partial charge in [-0.05, 0) is 37.1 Å². The van der Waals surface area contributed by atoms with Crippen molar-refractivity contribution >= 4 is 23.1 Å². The number of benzene rings is 1. The van der Waals surface area contributed by atoms with Crippen molar-refractivity contribution in [3.8, 4) is 16.5 Å². The van der Waals surface area contributed by atoms with Crippen LogP contribution in [0, 0.1) is 0 Å². The van der Waals surface area contributed by atoms with Crippen LogP contribution in [-0.4, -0.2) is 42.8 Å². The summed E-state index contributed by atoms with van der Waals surface area (Å²) in [6.45, 7) is 7.39. The number of nitrogens with one attached hydrogen (secondary N) is 2. The Morgan fingerprint density at radius 3 is 2.42 bits per heavy atom. The highest BCUT2D eigenvalue weighted by molar-refractivity contribution is 7.15. The number of methoxy groups -OCH3 is 2. The molecule has 0 fully saturated rings. The first-order valence-electron chi connectivity index (χ1n) is 11.4. The molecular formula is C25H32N4O3S. The number of rotatable bonds is 8. The number of anilines is 1. The summed E-state index contributed by atoms with van der Waals surface area (Å²) in [7, 11) is 3.18. The molecule has 4 rings (SSSR count). The van der Waals surface area contributed by atoms with E-state index in [0.717, 1.165) is 32.5 Å². The molecule has 176 valence electrons. The number of nitrogens with zero attached hydrogens (tertiary/aromatic N) is 2. The molecule has 0 radical (unpaired) electrons. The predicted octanol–water partition coefficient (Wildman–Crippen LogP) is 5.21. The number of urea groups is 1. The van der Waals surface area contributed by atoms with Crippen LogP contribution in [0.5, 0.6) is 11.5 Å². The molecule has 0 saturated carbocycles. The van der Waals surface area contributed by atoms with Gasteiger partial charge in [0.2, 0.25) is 0 Å². The SMILES string of the molecule is CCC(NC(=O)Nc1cc(OC)cc(OC)c1)c1c(-n2cccc2)sc2c1CCN(CC)C2. The molecule has 1 aliphatic rings. The highest BCUT2D eigenvalue weighted by Crippen LogP contribution is 2.40. The van der Waals surface area contributed by atoms with Crippen LogP contribution in [-0.2, 0) is 13.0 Å². The fourth-order valence-corrected chi connectivity index (χ4v) is 5.76. The van der Waals surface area contributed by atoms with Gasteiger partial charge in [-0.2, -0.15) is 0 Å². The molecule has 2 N–H and O–H groups in total. The van der Waals surface area contributed by atoms with Crippen LogP contribution >= 0.6 is 11.3 Å². The number of hydrogen-bond acceptors (Lipinski definition) is 5. The summed E-state index contributed by atoms with van der Waals surface area (Å²) in [5.74, 6) is 1.25. The number of aromatic nitrogens is 1. The molecule has 0 bridgehead atoms. The first kappa shape index (κ1) is 23.2. The number of thiophene rings is 1. The van der Waals surface area contributed by atoms with E-state index in [4.69, 9.17) is 9.47 Å². The zero-order valence-electron chi connectivity index (χ0n) is 19.7. The summed E-state index contributed by atoms with van der Waals surface area (Å²) in [4.78, 5) is 16.9. The second kappa shape index (κ2) is 10.3. The smallest absolute Gasteiger partial charge is 0.319 e. The summed E-state index contributed by atoms with van der Waals surface area (Å²) in [5, 5.41) is 7.36. The zero-order valence-corrected chi connectivity index (χ0v) is 20.5. The van der Waals surface area contributed by atoms with Gasteiger partial charge >= 0.3 is 6.03 Å². The van der Waals surface area contributed by atoms with Crippen molar-refractivity contribution < 1.29 is 14.3 Å². The Morgan fingerprint density at radius 2 is 1.82 bits per heavy atom. The first-order valence-corrected chi connectivity index (χ1v) is 12.2. The monoisotopic (exact) mass is 468 g/mol. The maximum atomic E-state index is 13.0. The number of carbonyl (C=O) groups is 1. The quantitative estimate of drug-likeness (QED) is 0.476. The van der Waals surface area contributed by atoms with Crippen molar-refractivity contribution in [1.82, 2.24) is 14.8 Å². The van der Waals surface area contributed by atoms with Gasteiger partial charge in [-0.15, -0.1) is 11.3 Å². The summed E-state index contributed by atoms with van der Waals surface area (Å²) in [6.07, 6.45) is 5.95. The number of likely N-dealkylation sites (N-methyl/N-ethyl adjacent to an activating group) is 1. The fraction of sp³-hybridized carbons (Fsp3) is 0.400. The molecule has 33 heavy (non-hydrogen) atoms. The molecule has 2 aromatic heterocycles. The average molecular weight is 469 g/mol. The molecule has 0 saturated heterocycles. The lowest BCUT2D eigenvalue weighted by Crippen LogP contribution is -2.34. The second-order valence-electron chi connectivity index (χ2n) is 8.09. The third kappa shape index (κ3) is 5.02. The Morgan fingerprint density at radius 1 is 1.12 bits per heavy atom. The van der Waals surface area contributed by atoms with Gasteiger partial charge in [-0.3, -0.25) is 4.90 Å². The molecule has 1 aliphatic heterocycles. The van der Waals surface area contributed by atoms with E-state index in [1.807, 2.05) is 23.5 Å². The van der Waals surface area contributed by atoms with Crippen LogP contribution < -0.4 is 20.1 Å². The van der Waals surface area contributed by atoms with Crippen molar-refractivity contribution in [2.75, 3.05) is 32.6 Å². The minimum absolute atomic E-state index is 0.0944. The summed E-state index contributed by atoms with van der Waals surface area (Å²) in [6, 6.07) is 9.07. The molecule has 1 atom stereocenters. The second-order valence-corrected chi connectivity index (χ2v) is 9.18. The molecule has 8 heteroatoms. The van der Waals surface area contributed by atoms with E-state index in [0.29, 0.717) is 17.2 Å². The summed E-state index contributed by atoms with van der Waals surface area (Å²) < 4.78 is 12.8. The third-order valence-electron chi connectivity index (χ3n) is 6.11. The lowest BCUT2D eigenvalue weighted by atomic mass is 9.96. The largest absolute Gasteiger partial charge is 0.497 e. The highest BCUT2D eigenvalue weighted by atomic mass is 32.1. The van der Waals surface area contributed by atoms with E-state index in [1.165, 1.54) is 21.0 Å². The van der Waals surface area contributed by atoms with Crippen molar-refractivity contribution in [3.05, 3.63) is 58.7 Å². The number of hydrogen-bond donors (Lipinski definition) is 2. The molecule has 0 spiro atoms. The Bertz CT molecular complexity index is 1070. The molecule has 2 amide bonds. The summed E-state index contributed by atoms with van der Waals surface area (Å²) in [5.41, 5.74) is 3.25. The van der Waals surface area contributed by atoms with E-state index in [2.05, 4.69) is 46.3 Å². The molecule has 1 unspecified atom stereocenters. The number of ether oxygens (including phenoxy) is 2. The van der Waals surface area contributed by atoms with Crippen molar-refractivity contribution in [2.24, 2.45) is 0 Å². The maximum Gasteiger partial charge on any atom is 0.319 e. The van der Waals surface area contributed by atoms with Crippen LogP contribution in [0.4, 0.5) is 10.5 Å². The Labute approximate surface area is 199 Å². The van der Waals surface area contributed by atoms with Crippen LogP contribution in [0.15, 0.2) is 42.7 Å². The van der Waals surface area contributed by atoms with Gasteiger partial charge < -0.3 is 24.7 Å². The van der Waals surface area contributed by atoms with Crippen molar-refractivity contribution in [1.29, 1.82) is 0 Å². The third-order valence-corrected chi connectivity index (χ3v) is 7.36. The fourth-order valence-electron chi connectivity index (χ4n) is 4.34. The minimum atomic E-state index is -0.249. The zero-order chi connectivity index (χ0) is 23.4. The lowest BCUT2D eigenvalue weighted by Gasteiger charge is -2.27. The van der Waals surface area contributed by atoms with Gasteiger partial charge in [-0.25, -0.2) is 4.79 Å². The van der Waals surface area contributed by atoms with Gasteiger partial charge in [0, 0.05) is 59.8 Å². The summed E-state index contributed by atoms with van der Waals surface area (Å²) >= 11 is 1.84. The molecular weight excluding hydrogens is 436 g/mol. The van der Waals surface area contributed by atoms with E-state index < -0.39 is 0 Å². The van der Waals surface area contributed by atoms with Crippen molar-refractivity contribution in [3.63, 3.8) is 0 Å². The molecule has 3 heterocycles. The predicted molar refractivity (Wildman–Crippen MR) is 133 cm³/mol. The average Bonchev–Trinajstić information content (AvgIpc) is 3.49. The lowest BCUT2D eigenvalue weighted by molar-refractivity contribution is 0.247. The van der Waals surface area contributed by atoms with Crippen LogP contribution in [0.3, 0.4) is 0 Å². The molecule has 7 nitrogen and oxygen atoms in total. The van der Waals surface area contributed by atoms with E-state index in [9.17, 15) is 4.79 Å². The Kier molecular flexibility index (Phi) is 7.25.